The third-order valence-corrected chi connectivity index (χ3v) is 4.85. The maximum Gasteiger partial charge on any atom is 0.231 e. The highest BCUT2D eigenvalue weighted by molar-refractivity contribution is 6.04. The molecule has 1 unspecified atom stereocenters. The molecule has 1 saturated heterocycles. The monoisotopic (exact) mass is 374 g/mol. The lowest BCUT2D eigenvalue weighted by Crippen LogP contribution is -2.38. The first-order valence-corrected chi connectivity index (χ1v) is 9.19. The first-order chi connectivity index (χ1) is 12.6. The number of hydrogen-bond donors (Lipinski definition) is 1. The third kappa shape index (κ3) is 4.23. The molecule has 2 aliphatic heterocycles. The van der Waals surface area contributed by atoms with E-state index in [0.717, 1.165) is 6.42 Å². The van der Waals surface area contributed by atoms with Crippen molar-refractivity contribution >= 4 is 23.3 Å². The highest BCUT2D eigenvalue weighted by Crippen LogP contribution is 2.37. The summed E-state index contributed by atoms with van der Waals surface area (Å²) >= 11 is 0. The van der Waals surface area contributed by atoms with E-state index in [9.17, 15) is 14.4 Å². The molecule has 1 N–H and O–H groups in total. The predicted molar refractivity (Wildman–Crippen MR) is 100.0 cm³/mol. The Balaban J connectivity index is 1.64. The van der Waals surface area contributed by atoms with E-state index >= 15 is 0 Å². The smallest absolute Gasteiger partial charge is 0.231 e. The van der Waals surface area contributed by atoms with E-state index in [1.807, 2.05) is 25.7 Å². The molecule has 7 nitrogen and oxygen atoms in total. The Morgan fingerprint density at radius 1 is 1.19 bits per heavy atom. The maximum absolute atomic E-state index is 12.5. The van der Waals surface area contributed by atoms with Gasteiger partial charge < -0.3 is 19.7 Å². The lowest BCUT2D eigenvalue weighted by atomic mass is 9.95. The van der Waals surface area contributed by atoms with Crippen LogP contribution in [0.3, 0.4) is 0 Å². The zero-order valence-corrected chi connectivity index (χ0v) is 16.3. The van der Waals surface area contributed by atoms with Crippen molar-refractivity contribution < 1.29 is 23.9 Å². The summed E-state index contributed by atoms with van der Waals surface area (Å²) in [5.74, 6) is 0.910. The van der Waals surface area contributed by atoms with E-state index in [0.29, 0.717) is 42.3 Å². The molecule has 1 atom stereocenters. The van der Waals surface area contributed by atoms with Gasteiger partial charge in [0.1, 0.15) is 0 Å². The quantitative estimate of drug-likeness (QED) is 0.819. The number of benzene rings is 1. The first kappa shape index (κ1) is 19.2. The van der Waals surface area contributed by atoms with Crippen LogP contribution in [0.1, 0.15) is 50.9 Å². The largest absolute Gasteiger partial charge is 0.454 e. The molecule has 0 spiro atoms. The van der Waals surface area contributed by atoms with Gasteiger partial charge in [-0.1, -0.05) is 20.8 Å². The lowest BCUT2D eigenvalue weighted by molar-refractivity contribution is -0.138. The molecule has 0 aromatic heterocycles. The number of nitrogens with zero attached hydrogens (tertiary/aromatic N) is 1. The van der Waals surface area contributed by atoms with Crippen LogP contribution in [0.4, 0.5) is 5.69 Å². The van der Waals surface area contributed by atoms with Gasteiger partial charge in [-0.25, -0.2) is 0 Å². The summed E-state index contributed by atoms with van der Waals surface area (Å²) in [7, 11) is 0. The SMILES string of the molecule is CC(=O)c1cc2c(cc1NC(=O)CC1CCN(C(=O)C(C)(C)C)C1)OCO2. The molecule has 2 heterocycles. The minimum atomic E-state index is -0.417. The van der Waals surface area contributed by atoms with Crippen LogP contribution < -0.4 is 14.8 Å². The van der Waals surface area contributed by atoms with E-state index in [-0.39, 0.29) is 30.3 Å². The maximum atomic E-state index is 12.5. The molecule has 2 aliphatic rings. The number of anilines is 1. The summed E-state index contributed by atoms with van der Waals surface area (Å²) in [6.07, 6.45) is 1.11. The summed E-state index contributed by atoms with van der Waals surface area (Å²) in [6.45, 7) is 8.51. The third-order valence-electron chi connectivity index (χ3n) is 4.85. The van der Waals surface area contributed by atoms with Crippen LogP contribution in [0.25, 0.3) is 0 Å². The Morgan fingerprint density at radius 3 is 2.48 bits per heavy atom. The zero-order chi connectivity index (χ0) is 19.8. The van der Waals surface area contributed by atoms with Crippen molar-refractivity contribution in [1.82, 2.24) is 4.90 Å². The van der Waals surface area contributed by atoms with Gasteiger partial charge >= 0.3 is 0 Å². The Hall–Kier alpha value is -2.57. The van der Waals surface area contributed by atoms with Gasteiger partial charge in [0, 0.05) is 36.6 Å². The number of rotatable bonds is 4. The number of amides is 2. The van der Waals surface area contributed by atoms with Gasteiger partial charge in [-0.15, -0.1) is 0 Å². The second kappa shape index (κ2) is 7.21. The molecule has 27 heavy (non-hydrogen) atoms. The summed E-state index contributed by atoms with van der Waals surface area (Å²) in [6, 6.07) is 3.22. The van der Waals surface area contributed by atoms with Crippen molar-refractivity contribution in [1.29, 1.82) is 0 Å². The average molecular weight is 374 g/mol. The molecule has 1 aromatic rings. The van der Waals surface area contributed by atoms with Crippen LogP contribution >= 0.6 is 0 Å². The van der Waals surface area contributed by atoms with Gasteiger partial charge in [-0.05, 0) is 25.3 Å². The van der Waals surface area contributed by atoms with Crippen molar-refractivity contribution in [2.24, 2.45) is 11.3 Å². The minimum Gasteiger partial charge on any atom is -0.454 e. The number of hydrogen-bond acceptors (Lipinski definition) is 5. The molecular weight excluding hydrogens is 348 g/mol. The Bertz CT molecular complexity index is 781. The van der Waals surface area contributed by atoms with Crippen LogP contribution in [-0.2, 0) is 9.59 Å². The van der Waals surface area contributed by atoms with E-state index in [4.69, 9.17) is 9.47 Å². The molecule has 0 radical (unpaired) electrons. The van der Waals surface area contributed by atoms with E-state index in [2.05, 4.69) is 5.32 Å². The van der Waals surface area contributed by atoms with Crippen molar-refractivity contribution in [3.05, 3.63) is 17.7 Å². The number of nitrogens with one attached hydrogen (secondary N) is 1. The van der Waals surface area contributed by atoms with Crippen LogP contribution in [-0.4, -0.2) is 42.4 Å². The summed E-state index contributed by atoms with van der Waals surface area (Å²) in [4.78, 5) is 38.6. The van der Waals surface area contributed by atoms with Crippen LogP contribution in [0.2, 0.25) is 0 Å². The second-order valence-electron chi connectivity index (χ2n) is 8.22. The molecule has 3 rings (SSSR count). The standard InChI is InChI=1S/C20H26N2O5/c1-12(23)14-8-16-17(27-11-26-16)9-15(14)21-18(24)7-13-5-6-22(10-13)19(25)20(2,3)4/h8-9,13H,5-7,10-11H2,1-4H3,(H,21,24). The lowest BCUT2D eigenvalue weighted by Gasteiger charge is -2.25. The van der Waals surface area contributed by atoms with Crippen molar-refractivity contribution in [3.8, 4) is 11.5 Å². The minimum absolute atomic E-state index is 0.101. The fraction of sp³-hybridized carbons (Fsp3) is 0.550. The Labute approximate surface area is 159 Å². The zero-order valence-electron chi connectivity index (χ0n) is 16.3. The number of ether oxygens (including phenoxy) is 2. The fourth-order valence-corrected chi connectivity index (χ4v) is 3.46. The van der Waals surface area contributed by atoms with E-state index < -0.39 is 5.41 Å². The van der Waals surface area contributed by atoms with Gasteiger partial charge in [0.05, 0.1) is 5.69 Å². The number of ketones is 1. The van der Waals surface area contributed by atoms with Crippen LogP contribution in [0, 0.1) is 11.3 Å². The van der Waals surface area contributed by atoms with Crippen LogP contribution in [0.5, 0.6) is 11.5 Å². The molecule has 0 bridgehead atoms. The van der Waals surface area contributed by atoms with E-state index in [1.165, 1.54) is 6.92 Å². The molecule has 0 aliphatic carbocycles. The summed E-state index contributed by atoms with van der Waals surface area (Å²) in [5.41, 5.74) is 0.404. The van der Waals surface area contributed by atoms with Gasteiger partial charge in [-0.2, -0.15) is 0 Å². The number of carbonyl (C=O) groups excluding carboxylic acids is 3. The second-order valence-corrected chi connectivity index (χ2v) is 8.22. The number of fused-ring (bicyclic) bond motifs is 1. The number of carbonyl (C=O) groups is 3. The molecular formula is C20H26N2O5. The van der Waals surface area contributed by atoms with Gasteiger partial charge in [0.15, 0.2) is 17.3 Å². The van der Waals surface area contributed by atoms with Crippen molar-refractivity contribution in [3.63, 3.8) is 0 Å². The Morgan fingerprint density at radius 2 is 1.85 bits per heavy atom. The normalized spacial score (nSPS) is 18.5. The topological polar surface area (TPSA) is 84.9 Å². The van der Waals surface area contributed by atoms with Crippen molar-refractivity contribution in [2.45, 2.75) is 40.5 Å². The molecule has 1 aromatic carbocycles. The van der Waals surface area contributed by atoms with Gasteiger partial charge in [0.2, 0.25) is 18.6 Å². The fourth-order valence-electron chi connectivity index (χ4n) is 3.46. The van der Waals surface area contributed by atoms with E-state index in [1.54, 1.807) is 12.1 Å². The highest BCUT2D eigenvalue weighted by atomic mass is 16.7. The Kier molecular flexibility index (Phi) is 5.13. The van der Waals surface area contributed by atoms with Crippen molar-refractivity contribution in [2.75, 3.05) is 25.2 Å². The molecule has 7 heteroatoms. The molecule has 2 amide bonds. The average Bonchev–Trinajstić information content (AvgIpc) is 3.20. The summed E-state index contributed by atoms with van der Waals surface area (Å²) < 4.78 is 10.6. The predicted octanol–water partition coefficient (Wildman–Crippen LogP) is 2.84. The number of Topliss-reactive ketones (excluding diaryl/α,β-unsaturated/α-hetero) is 1. The van der Waals surface area contributed by atoms with Crippen LogP contribution in [0.15, 0.2) is 12.1 Å². The highest BCUT2D eigenvalue weighted by Gasteiger charge is 2.33. The first-order valence-electron chi connectivity index (χ1n) is 9.19. The van der Waals surface area contributed by atoms with Gasteiger partial charge in [-0.3, -0.25) is 14.4 Å². The van der Waals surface area contributed by atoms with Gasteiger partial charge in [0.25, 0.3) is 0 Å². The summed E-state index contributed by atoms with van der Waals surface area (Å²) in [5, 5.41) is 2.82. The molecule has 0 saturated carbocycles. The molecule has 1 fully saturated rings. The number of likely N-dealkylation sites (tertiary alicyclic amines) is 1. The molecule has 146 valence electrons.